The normalized spacial score (nSPS) is 22.3. The summed E-state index contributed by atoms with van der Waals surface area (Å²) < 4.78 is 5.67. The van der Waals surface area contributed by atoms with Gasteiger partial charge in [0.2, 0.25) is 0 Å². The first-order chi connectivity index (χ1) is 10.1. The van der Waals surface area contributed by atoms with Gasteiger partial charge in [0.1, 0.15) is 9.88 Å². The molecular formula is C16H18N2O2S. The highest BCUT2D eigenvalue weighted by Crippen LogP contribution is 2.26. The second-order valence-corrected chi connectivity index (χ2v) is 6.39. The Morgan fingerprint density at radius 3 is 2.57 bits per heavy atom. The first-order valence-corrected chi connectivity index (χ1v) is 7.91. The largest absolute Gasteiger partial charge is 0.372 e. The Kier molecular flexibility index (Phi) is 4.03. The zero-order valence-corrected chi connectivity index (χ0v) is 13.0. The summed E-state index contributed by atoms with van der Waals surface area (Å²) in [4.78, 5) is 19.5. The van der Waals surface area contributed by atoms with Crippen LogP contribution in [0.1, 0.15) is 23.5 Å². The van der Waals surface area contributed by atoms with Crippen molar-refractivity contribution in [3.63, 3.8) is 0 Å². The van der Waals surface area contributed by atoms with Crippen LogP contribution < -0.4 is 0 Å². The quantitative estimate of drug-likeness (QED) is 0.856. The van der Waals surface area contributed by atoms with Crippen molar-refractivity contribution in [2.45, 2.75) is 26.1 Å². The first kappa shape index (κ1) is 14.2. The van der Waals surface area contributed by atoms with Gasteiger partial charge in [-0.25, -0.2) is 4.98 Å². The van der Waals surface area contributed by atoms with Crippen LogP contribution in [0, 0.1) is 0 Å². The molecule has 1 saturated heterocycles. The fourth-order valence-electron chi connectivity index (χ4n) is 2.59. The molecule has 0 bridgehead atoms. The van der Waals surface area contributed by atoms with Gasteiger partial charge >= 0.3 is 0 Å². The van der Waals surface area contributed by atoms with Gasteiger partial charge in [0, 0.05) is 18.7 Å². The molecule has 110 valence electrons. The lowest BCUT2D eigenvalue weighted by Gasteiger charge is -2.35. The van der Waals surface area contributed by atoms with E-state index in [0.717, 1.165) is 10.6 Å². The van der Waals surface area contributed by atoms with Gasteiger partial charge in [-0.3, -0.25) is 4.79 Å². The number of aromatic nitrogens is 1. The summed E-state index contributed by atoms with van der Waals surface area (Å²) in [6.45, 7) is 5.28. The lowest BCUT2D eigenvalue weighted by Crippen LogP contribution is -2.48. The predicted molar refractivity (Wildman–Crippen MR) is 83.5 cm³/mol. The number of benzene rings is 1. The molecule has 0 aliphatic carbocycles. The van der Waals surface area contributed by atoms with Crippen LogP contribution in [0.4, 0.5) is 0 Å². The highest BCUT2D eigenvalue weighted by atomic mass is 32.1. The fraction of sp³-hybridized carbons (Fsp3) is 0.375. The molecule has 1 aliphatic heterocycles. The monoisotopic (exact) mass is 302 g/mol. The van der Waals surface area contributed by atoms with Crippen molar-refractivity contribution in [1.29, 1.82) is 0 Å². The molecule has 2 unspecified atom stereocenters. The van der Waals surface area contributed by atoms with Gasteiger partial charge in [-0.2, -0.15) is 0 Å². The maximum atomic E-state index is 12.6. The van der Waals surface area contributed by atoms with Crippen LogP contribution in [-0.4, -0.2) is 41.1 Å². The van der Waals surface area contributed by atoms with Crippen LogP contribution in [-0.2, 0) is 4.74 Å². The Morgan fingerprint density at radius 2 is 1.90 bits per heavy atom. The number of thiazole rings is 1. The van der Waals surface area contributed by atoms with E-state index < -0.39 is 0 Å². The summed E-state index contributed by atoms with van der Waals surface area (Å²) >= 11 is 1.45. The minimum Gasteiger partial charge on any atom is -0.372 e. The molecule has 3 rings (SSSR count). The third kappa shape index (κ3) is 3.14. The van der Waals surface area contributed by atoms with Crippen LogP contribution in [0.15, 0.2) is 36.5 Å². The van der Waals surface area contributed by atoms with E-state index in [0.29, 0.717) is 18.0 Å². The van der Waals surface area contributed by atoms with Crippen molar-refractivity contribution < 1.29 is 9.53 Å². The van der Waals surface area contributed by atoms with Crippen molar-refractivity contribution >= 4 is 17.2 Å². The Labute approximate surface area is 128 Å². The van der Waals surface area contributed by atoms with Crippen LogP contribution in [0.25, 0.3) is 10.6 Å². The number of morpholine rings is 1. The smallest absolute Gasteiger partial charge is 0.265 e. The molecule has 1 aliphatic rings. The number of ether oxygens (including phenoxy) is 1. The van der Waals surface area contributed by atoms with E-state index in [1.54, 1.807) is 6.20 Å². The summed E-state index contributed by atoms with van der Waals surface area (Å²) in [6, 6.07) is 9.94. The van der Waals surface area contributed by atoms with Crippen molar-refractivity contribution in [2.24, 2.45) is 0 Å². The molecule has 1 aromatic heterocycles. The second-order valence-electron chi connectivity index (χ2n) is 5.36. The van der Waals surface area contributed by atoms with Crippen molar-refractivity contribution in [2.75, 3.05) is 13.1 Å². The van der Waals surface area contributed by atoms with Crippen LogP contribution in [0.3, 0.4) is 0 Å². The zero-order valence-electron chi connectivity index (χ0n) is 12.2. The minimum atomic E-state index is 0.0525. The van der Waals surface area contributed by atoms with E-state index in [4.69, 9.17) is 4.74 Å². The zero-order chi connectivity index (χ0) is 14.8. The molecule has 1 amide bonds. The molecule has 0 radical (unpaired) electrons. The van der Waals surface area contributed by atoms with Gasteiger partial charge in [0.15, 0.2) is 0 Å². The second kappa shape index (κ2) is 5.95. The van der Waals surface area contributed by atoms with E-state index in [1.165, 1.54) is 11.3 Å². The molecule has 1 fully saturated rings. The molecule has 1 aromatic carbocycles. The first-order valence-electron chi connectivity index (χ1n) is 7.09. The molecule has 0 saturated carbocycles. The van der Waals surface area contributed by atoms with E-state index in [-0.39, 0.29) is 18.1 Å². The van der Waals surface area contributed by atoms with Crippen LogP contribution in [0.2, 0.25) is 0 Å². The average molecular weight is 302 g/mol. The number of nitrogens with zero attached hydrogens (tertiary/aromatic N) is 2. The third-order valence-corrected chi connectivity index (χ3v) is 4.48. The van der Waals surface area contributed by atoms with E-state index in [9.17, 15) is 4.79 Å². The summed E-state index contributed by atoms with van der Waals surface area (Å²) in [6.07, 6.45) is 1.85. The summed E-state index contributed by atoms with van der Waals surface area (Å²) in [5, 5.41) is 0.883. The lowest BCUT2D eigenvalue weighted by atomic mass is 10.2. The fourth-order valence-corrected chi connectivity index (χ4v) is 3.48. The van der Waals surface area contributed by atoms with E-state index >= 15 is 0 Å². The number of carbonyl (C=O) groups excluding carboxylic acids is 1. The Balaban J connectivity index is 1.78. The highest BCUT2D eigenvalue weighted by molar-refractivity contribution is 7.16. The van der Waals surface area contributed by atoms with Crippen molar-refractivity contribution in [3.8, 4) is 10.6 Å². The molecule has 5 heteroatoms. The molecule has 2 heterocycles. The number of hydrogen-bond acceptors (Lipinski definition) is 4. The van der Waals surface area contributed by atoms with Gasteiger partial charge in [0.05, 0.1) is 18.4 Å². The molecular weight excluding hydrogens is 284 g/mol. The Bertz CT molecular complexity index is 616. The lowest BCUT2D eigenvalue weighted by molar-refractivity contribution is -0.0585. The van der Waals surface area contributed by atoms with E-state index in [1.807, 2.05) is 49.1 Å². The highest BCUT2D eigenvalue weighted by Gasteiger charge is 2.27. The number of amides is 1. The molecule has 2 atom stereocenters. The summed E-state index contributed by atoms with van der Waals surface area (Å²) in [5.74, 6) is 0.0525. The maximum absolute atomic E-state index is 12.6. The molecule has 2 aromatic rings. The molecule has 0 N–H and O–H groups in total. The summed E-state index contributed by atoms with van der Waals surface area (Å²) in [7, 11) is 0. The van der Waals surface area contributed by atoms with Gasteiger partial charge in [-0.1, -0.05) is 30.3 Å². The maximum Gasteiger partial charge on any atom is 0.265 e. The van der Waals surface area contributed by atoms with Crippen molar-refractivity contribution in [3.05, 3.63) is 41.4 Å². The van der Waals surface area contributed by atoms with Gasteiger partial charge < -0.3 is 9.64 Å². The Hall–Kier alpha value is -1.72. The molecule has 4 nitrogen and oxygen atoms in total. The average Bonchev–Trinajstić information content (AvgIpc) is 2.96. The molecule has 0 spiro atoms. The Morgan fingerprint density at radius 1 is 1.24 bits per heavy atom. The van der Waals surface area contributed by atoms with Crippen molar-refractivity contribution in [1.82, 2.24) is 9.88 Å². The molecule has 21 heavy (non-hydrogen) atoms. The standard InChI is InChI=1S/C16H18N2O2S/c1-11-9-18(10-12(2)20-11)16(19)14-8-17-15(21-14)13-6-4-3-5-7-13/h3-8,11-12H,9-10H2,1-2H3. The number of rotatable bonds is 2. The van der Waals surface area contributed by atoms with Crippen LogP contribution in [0.5, 0.6) is 0 Å². The van der Waals surface area contributed by atoms with E-state index in [2.05, 4.69) is 4.98 Å². The van der Waals surface area contributed by atoms with Gasteiger partial charge in [-0.15, -0.1) is 11.3 Å². The van der Waals surface area contributed by atoms with Gasteiger partial charge in [0.25, 0.3) is 5.91 Å². The SMILES string of the molecule is CC1CN(C(=O)c2cnc(-c3ccccc3)s2)CC(C)O1. The predicted octanol–water partition coefficient (Wildman–Crippen LogP) is 3.06. The van der Waals surface area contributed by atoms with Gasteiger partial charge in [-0.05, 0) is 13.8 Å². The topological polar surface area (TPSA) is 42.4 Å². The minimum absolute atomic E-state index is 0.0525. The number of carbonyl (C=O) groups is 1. The number of hydrogen-bond donors (Lipinski definition) is 0. The van der Waals surface area contributed by atoms with Crippen LogP contribution >= 0.6 is 11.3 Å². The third-order valence-electron chi connectivity index (χ3n) is 3.44. The summed E-state index contributed by atoms with van der Waals surface area (Å²) in [5.41, 5.74) is 1.05.